The Morgan fingerprint density at radius 1 is 1.04 bits per heavy atom. The standard InChI is InChI=1S/C20H24N4OS/c1-2-17-13-21-20(22-14-17)24(11-9-18-15-26-16-23-18)10-6-12-25-19-7-4-3-5-8-19/h3-5,7-8,13-16H,2,6,9-12H2,1H3. The van der Waals surface area contributed by atoms with Crippen molar-refractivity contribution >= 4 is 17.3 Å². The van der Waals surface area contributed by atoms with Crippen LogP contribution in [0.5, 0.6) is 5.75 Å². The molecular weight excluding hydrogens is 344 g/mol. The van der Waals surface area contributed by atoms with Crippen molar-refractivity contribution in [3.63, 3.8) is 0 Å². The molecule has 0 bridgehead atoms. The molecule has 0 radical (unpaired) electrons. The first kappa shape index (κ1) is 18.3. The summed E-state index contributed by atoms with van der Waals surface area (Å²) in [5.41, 5.74) is 4.14. The molecule has 5 nitrogen and oxygen atoms in total. The number of aryl methyl sites for hydroxylation is 1. The quantitative estimate of drug-likeness (QED) is 0.506. The fraction of sp³-hybridized carbons (Fsp3) is 0.350. The Morgan fingerprint density at radius 3 is 2.54 bits per heavy atom. The highest BCUT2D eigenvalue weighted by atomic mass is 32.1. The Balaban J connectivity index is 1.56. The summed E-state index contributed by atoms with van der Waals surface area (Å²) in [5.74, 6) is 1.68. The van der Waals surface area contributed by atoms with Crippen LogP contribution in [0.1, 0.15) is 24.6 Å². The van der Waals surface area contributed by atoms with Gasteiger partial charge in [-0.05, 0) is 30.5 Å². The number of para-hydroxylation sites is 1. The van der Waals surface area contributed by atoms with E-state index in [0.717, 1.165) is 55.3 Å². The third-order valence-electron chi connectivity index (χ3n) is 4.09. The molecule has 2 aromatic heterocycles. The summed E-state index contributed by atoms with van der Waals surface area (Å²) in [6.45, 7) is 4.48. The maximum Gasteiger partial charge on any atom is 0.225 e. The van der Waals surface area contributed by atoms with Crippen LogP contribution in [-0.4, -0.2) is 34.6 Å². The maximum absolute atomic E-state index is 5.80. The summed E-state index contributed by atoms with van der Waals surface area (Å²) in [6.07, 6.45) is 6.58. The molecule has 26 heavy (non-hydrogen) atoms. The lowest BCUT2D eigenvalue weighted by molar-refractivity contribution is 0.311. The molecular formula is C20H24N4OS. The molecule has 0 saturated carbocycles. The van der Waals surface area contributed by atoms with Crippen LogP contribution in [0, 0.1) is 0 Å². The van der Waals surface area contributed by atoms with E-state index in [9.17, 15) is 0 Å². The van der Waals surface area contributed by atoms with Crippen molar-refractivity contribution in [2.45, 2.75) is 26.2 Å². The van der Waals surface area contributed by atoms with E-state index < -0.39 is 0 Å². The fourth-order valence-electron chi connectivity index (χ4n) is 2.58. The zero-order valence-corrected chi connectivity index (χ0v) is 15.9. The Bertz CT molecular complexity index is 747. The first-order valence-corrected chi connectivity index (χ1v) is 9.90. The van der Waals surface area contributed by atoms with Crippen LogP contribution in [-0.2, 0) is 12.8 Å². The van der Waals surface area contributed by atoms with Crippen LogP contribution < -0.4 is 9.64 Å². The summed E-state index contributed by atoms with van der Waals surface area (Å²) in [7, 11) is 0. The van der Waals surface area contributed by atoms with Crippen LogP contribution in [0.25, 0.3) is 0 Å². The van der Waals surface area contributed by atoms with E-state index in [-0.39, 0.29) is 0 Å². The van der Waals surface area contributed by atoms with Crippen molar-refractivity contribution in [1.29, 1.82) is 0 Å². The van der Waals surface area contributed by atoms with Gasteiger partial charge >= 0.3 is 0 Å². The number of hydrogen-bond acceptors (Lipinski definition) is 6. The average Bonchev–Trinajstić information content (AvgIpc) is 3.22. The van der Waals surface area contributed by atoms with E-state index in [0.29, 0.717) is 6.61 Å². The van der Waals surface area contributed by atoms with E-state index in [1.54, 1.807) is 11.3 Å². The topological polar surface area (TPSA) is 51.1 Å². The first-order valence-electron chi connectivity index (χ1n) is 8.96. The lowest BCUT2D eigenvalue weighted by Crippen LogP contribution is -2.30. The van der Waals surface area contributed by atoms with Gasteiger partial charge in [-0.1, -0.05) is 25.1 Å². The Hall–Kier alpha value is -2.47. The summed E-state index contributed by atoms with van der Waals surface area (Å²) < 4.78 is 5.80. The molecule has 0 N–H and O–H groups in total. The van der Waals surface area contributed by atoms with Crippen molar-refractivity contribution in [2.75, 3.05) is 24.6 Å². The highest BCUT2D eigenvalue weighted by Crippen LogP contribution is 2.12. The van der Waals surface area contributed by atoms with Crippen LogP contribution in [0.15, 0.2) is 53.6 Å². The van der Waals surface area contributed by atoms with Crippen molar-refractivity contribution < 1.29 is 4.74 Å². The van der Waals surface area contributed by atoms with Crippen molar-refractivity contribution in [3.05, 3.63) is 64.9 Å². The molecule has 2 heterocycles. The second kappa shape index (κ2) is 9.87. The van der Waals surface area contributed by atoms with Gasteiger partial charge in [0.25, 0.3) is 0 Å². The zero-order chi connectivity index (χ0) is 18.0. The number of nitrogens with zero attached hydrogens (tertiary/aromatic N) is 4. The van der Waals surface area contributed by atoms with Crippen molar-refractivity contribution in [1.82, 2.24) is 15.0 Å². The molecule has 0 aliphatic carbocycles. The Kier molecular flexibility index (Phi) is 6.96. The molecule has 3 rings (SSSR count). The summed E-state index contributed by atoms with van der Waals surface area (Å²) in [5, 5.41) is 2.09. The zero-order valence-electron chi connectivity index (χ0n) is 15.0. The summed E-state index contributed by atoms with van der Waals surface area (Å²) >= 11 is 1.63. The minimum atomic E-state index is 0.671. The van der Waals surface area contributed by atoms with Gasteiger partial charge in [-0.15, -0.1) is 11.3 Å². The predicted octanol–water partition coefficient (Wildman–Crippen LogP) is 4.01. The number of aromatic nitrogens is 3. The SMILES string of the molecule is CCc1cnc(N(CCCOc2ccccc2)CCc2cscn2)nc1. The summed E-state index contributed by atoms with van der Waals surface area (Å²) in [6, 6.07) is 9.92. The number of rotatable bonds is 10. The van der Waals surface area contributed by atoms with E-state index in [4.69, 9.17) is 4.74 Å². The maximum atomic E-state index is 5.80. The molecule has 136 valence electrons. The van der Waals surface area contributed by atoms with E-state index in [2.05, 4.69) is 32.2 Å². The van der Waals surface area contributed by atoms with Crippen molar-refractivity contribution in [3.8, 4) is 5.75 Å². The lowest BCUT2D eigenvalue weighted by atomic mass is 10.3. The number of anilines is 1. The Labute approximate surface area is 158 Å². The third kappa shape index (κ3) is 5.52. The average molecular weight is 369 g/mol. The molecule has 0 spiro atoms. The van der Waals surface area contributed by atoms with Gasteiger partial charge in [0.15, 0.2) is 0 Å². The van der Waals surface area contributed by atoms with Crippen molar-refractivity contribution in [2.24, 2.45) is 0 Å². The van der Waals surface area contributed by atoms with Crippen LogP contribution in [0.4, 0.5) is 5.95 Å². The van der Waals surface area contributed by atoms with E-state index >= 15 is 0 Å². The normalized spacial score (nSPS) is 10.7. The molecule has 0 atom stereocenters. The molecule has 3 aromatic rings. The first-order chi connectivity index (χ1) is 12.8. The molecule has 0 aliphatic rings. The largest absolute Gasteiger partial charge is 0.494 e. The van der Waals surface area contributed by atoms with Crippen LogP contribution in [0.3, 0.4) is 0 Å². The monoisotopic (exact) mass is 368 g/mol. The van der Waals surface area contributed by atoms with Gasteiger partial charge in [-0.3, -0.25) is 0 Å². The third-order valence-corrected chi connectivity index (χ3v) is 4.72. The van der Waals surface area contributed by atoms with Gasteiger partial charge in [0.05, 0.1) is 17.8 Å². The second-order valence-corrected chi connectivity index (χ2v) is 6.70. The molecule has 0 fully saturated rings. The molecule has 1 aromatic carbocycles. The second-order valence-electron chi connectivity index (χ2n) is 5.98. The smallest absolute Gasteiger partial charge is 0.225 e. The summed E-state index contributed by atoms with van der Waals surface area (Å²) in [4.78, 5) is 15.7. The number of ether oxygens (including phenoxy) is 1. The highest BCUT2D eigenvalue weighted by Gasteiger charge is 2.10. The van der Waals surface area contributed by atoms with Gasteiger partial charge in [0.2, 0.25) is 5.95 Å². The number of thiazole rings is 1. The van der Waals surface area contributed by atoms with Crippen LogP contribution >= 0.6 is 11.3 Å². The van der Waals surface area contributed by atoms with Gasteiger partial charge in [0.1, 0.15) is 5.75 Å². The molecule has 6 heteroatoms. The number of benzene rings is 1. The minimum absolute atomic E-state index is 0.671. The fourth-order valence-corrected chi connectivity index (χ4v) is 3.17. The minimum Gasteiger partial charge on any atom is -0.494 e. The van der Waals surface area contributed by atoms with Gasteiger partial charge < -0.3 is 9.64 Å². The Morgan fingerprint density at radius 2 is 1.85 bits per heavy atom. The molecule has 0 unspecified atom stereocenters. The van der Waals surface area contributed by atoms with Gasteiger partial charge in [0, 0.05) is 37.3 Å². The van der Waals surface area contributed by atoms with Gasteiger partial charge in [-0.2, -0.15) is 0 Å². The van der Waals surface area contributed by atoms with Gasteiger partial charge in [-0.25, -0.2) is 15.0 Å². The molecule has 0 aliphatic heterocycles. The highest BCUT2D eigenvalue weighted by molar-refractivity contribution is 7.07. The predicted molar refractivity (Wildman–Crippen MR) is 106 cm³/mol. The molecule has 0 saturated heterocycles. The molecule has 0 amide bonds. The van der Waals surface area contributed by atoms with Crippen LogP contribution in [0.2, 0.25) is 0 Å². The van der Waals surface area contributed by atoms with E-state index in [1.807, 2.05) is 48.2 Å². The lowest BCUT2D eigenvalue weighted by Gasteiger charge is -2.22. The number of hydrogen-bond donors (Lipinski definition) is 0. The van der Waals surface area contributed by atoms with E-state index in [1.165, 1.54) is 0 Å².